The van der Waals surface area contributed by atoms with E-state index in [0.29, 0.717) is 17.1 Å². The van der Waals surface area contributed by atoms with Gasteiger partial charge in [0.1, 0.15) is 4.90 Å². The average molecular weight is 310 g/mol. The van der Waals surface area contributed by atoms with E-state index in [1.165, 1.54) is 28.8 Å². The topological polar surface area (TPSA) is 49.4 Å². The highest BCUT2D eigenvalue weighted by atomic mass is 32.2. The zero-order chi connectivity index (χ0) is 14.8. The number of para-hydroxylation sites is 1. The Morgan fingerprint density at radius 3 is 2.50 bits per heavy atom. The van der Waals surface area contributed by atoms with E-state index in [1.54, 1.807) is 29.5 Å². The first-order valence-corrected chi connectivity index (χ1v) is 8.53. The number of anilines is 1. The Labute approximate surface area is 124 Å². The Bertz CT molecular complexity index is 691. The van der Waals surface area contributed by atoms with Crippen molar-refractivity contribution in [3.63, 3.8) is 0 Å². The number of sulfonamides is 1. The Morgan fingerprint density at radius 2 is 1.90 bits per heavy atom. The van der Waals surface area contributed by atoms with Crippen molar-refractivity contribution >= 4 is 27.0 Å². The van der Waals surface area contributed by atoms with Gasteiger partial charge in [-0.3, -0.25) is 0 Å². The Kier molecular flexibility index (Phi) is 4.47. The predicted octanol–water partition coefficient (Wildman–Crippen LogP) is 2.92. The highest BCUT2D eigenvalue weighted by molar-refractivity contribution is 7.89. The molecule has 0 atom stereocenters. The van der Waals surface area contributed by atoms with Crippen LogP contribution in [-0.4, -0.2) is 26.8 Å². The lowest BCUT2D eigenvalue weighted by Crippen LogP contribution is -2.23. The third kappa shape index (κ3) is 3.03. The lowest BCUT2D eigenvalue weighted by molar-refractivity contribution is 0.521. The molecule has 0 bridgehead atoms. The van der Waals surface area contributed by atoms with Crippen molar-refractivity contribution in [3.8, 4) is 0 Å². The maximum atomic E-state index is 12.3. The Morgan fingerprint density at radius 1 is 1.20 bits per heavy atom. The highest BCUT2D eigenvalue weighted by Crippen LogP contribution is 2.25. The van der Waals surface area contributed by atoms with E-state index in [4.69, 9.17) is 0 Å². The van der Waals surface area contributed by atoms with Crippen molar-refractivity contribution in [2.75, 3.05) is 19.4 Å². The third-order valence-corrected chi connectivity index (χ3v) is 5.95. The molecule has 4 nitrogen and oxygen atoms in total. The van der Waals surface area contributed by atoms with Crippen molar-refractivity contribution in [1.82, 2.24) is 4.31 Å². The van der Waals surface area contributed by atoms with Gasteiger partial charge in [-0.05, 0) is 36.1 Å². The molecule has 1 heterocycles. The number of hydrogen-bond donors (Lipinski definition) is 1. The second-order valence-corrected chi connectivity index (χ2v) is 7.78. The lowest BCUT2D eigenvalue weighted by Gasteiger charge is -2.16. The van der Waals surface area contributed by atoms with Gasteiger partial charge in [0.15, 0.2) is 0 Å². The summed E-state index contributed by atoms with van der Waals surface area (Å²) in [6.07, 6.45) is 0. The van der Waals surface area contributed by atoms with Crippen molar-refractivity contribution in [1.29, 1.82) is 0 Å². The van der Waals surface area contributed by atoms with Crippen LogP contribution in [0.15, 0.2) is 40.6 Å². The van der Waals surface area contributed by atoms with Crippen LogP contribution < -0.4 is 5.32 Å². The molecule has 2 aromatic rings. The minimum atomic E-state index is -3.43. The van der Waals surface area contributed by atoms with E-state index < -0.39 is 10.0 Å². The molecule has 20 heavy (non-hydrogen) atoms. The number of hydrogen-bond acceptors (Lipinski definition) is 4. The van der Waals surface area contributed by atoms with Crippen LogP contribution in [0.2, 0.25) is 0 Å². The fourth-order valence-electron chi connectivity index (χ4n) is 1.80. The SMILES string of the molecule is Cc1ccsc1CNc1ccccc1S(=O)(=O)N(C)C. The number of nitrogens with one attached hydrogen (secondary N) is 1. The number of thiophene rings is 1. The zero-order valence-electron chi connectivity index (χ0n) is 11.8. The third-order valence-electron chi connectivity index (χ3n) is 3.05. The van der Waals surface area contributed by atoms with Crippen molar-refractivity contribution < 1.29 is 8.42 Å². The Hall–Kier alpha value is -1.37. The summed E-state index contributed by atoms with van der Waals surface area (Å²) in [5, 5.41) is 5.26. The molecule has 1 aromatic heterocycles. The molecule has 0 aliphatic heterocycles. The lowest BCUT2D eigenvalue weighted by atomic mass is 10.2. The number of rotatable bonds is 5. The molecule has 1 N–H and O–H groups in total. The standard InChI is InChI=1S/C14H18N2O2S2/c1-11-8-9-19-13(11)10-15-12-6-4-5-7-14(12)20(17,18)16(2)3/h4-9,15H,10H2,1-3H3. The molecule has 0 unspecified atom stereocenters. The van der Waals surface area contributed by atoms with Crippen LogP contribution in [0.1, 0.15) is 10.4 Å². The molecule has 0 aliphatic rings. The van der Waals surface area contributed by atoms with Gasteiger partial charge in [0.05, 0.1) is 5.69 Å². The normalized spacial score (nSPS) is 11.8. The summed E-state index contributed by atoms with van der Waals surface area (Å²) in [4.78, 5) is 1.52. The molecule has 0 saturated heterocycles. The van der Waals surface area contributed by atoms with Crippen LogP contribution in [0.3, 0.4) is 0 Å². The van der Waals surface area contributed by atoms with Crippen molar-refractivity contribution in [2.45, 2.75) is 18.4 Å². The molecule has 1 aromatic carbocycles. The smallest absolute Gasteiger partial charge is 0.244 e. The molecule has 0 aliphatic carbocycles. The van der Waals surface area contributed by atoms with Gasteiger partial charge in [-0.1, -0.05) is 12.1 Å². The minimum absolute atomic E-state index is 0.305. The predicted molar refractivity (Wildman–Crippen MR) is 83.7 cm³/mol. The summed E-state index contributed by atoms with van der Waals surface area (Å²) in [6.45, 7) is 2.68. The largest absolute Gasteiger partial charge is 0.379 e. The van der Waals surface area contributed by atoms with E-state index in [-0.39, 0.29) is 0 Å². The summed E-state index contributed by atoms with van der Waals surface area (Å²) in [5.41, 5.74) is 1.85. The molecule has 108 valence electrons. The van der Waals surface area contributed by atoms with Crippen LogP contribution in [-0.2, 0) is 16.6 Å². The first kappa shape index (κ1) is 15.0. The molecule has 2 rings (SSSR count). The van der Waals surface area contributed by atoms with Gasteiger partial charge >= 0.3 is 0 Å². The minimum Gasteiger partial charge on any atom is -0.379 e. The quantitative estimate of drug-likeness (QED) is 0.924. The zero-order valence-corrected chi connectivity index (χ0v) is 13.4. The highest BCUT2D eigenvalue weighted by Gasteiger charge is 2.20. The van der Waals surface area contributed by atoms with E-state index in [0.717, 1.165) is 0 Å². The van der Waals surface area contributed by atoms with Crippen LogP contribution in [0.25, 0.3) is 0 Å². The summed E-state index contributed by atoms with van der Waals surface area (Å²) >= 11 is 1.67. The van der Waals surface area contributed by atoms with E-state index in [9.17, 15) is 8.42 Å². The first-order chi connectivity index (χ1) is 9.43. The second kappa shape index (κ2) is 5.95. The van der Waals surface area contributed by atoms with Gasteiger partial charge in [0.25, 0.3) is 0 Å². The molecule has 6 heteroatoms. The first-order valence-electron chi connectivity index (χ1n) is 6.21. The van der Waals surface area contributed by atoms with E-state index in [1.807, 2.05) is 11.4 Å². The molecule has 0 amide bonds. The van der Waals surface area contributed by atoms with E-state index in [2.05, 4.69) is 18.3 Å². The molecular weight excluding hydrogens is 292 g/mol. The average Bonchev–Trinajstić information content (AvgIpc) is 2.82. The van der Waals surface area contributed by atoms with Crippen molar-refractivity contribution in [2.24, 2.45) is 0 Å². The van der Waals surface area contributed by atoms with Crippen LogP contribution in [0, 0.1) is 6.92 Å². The van der Waals surface area contributed by atoms with Gasteiger partial charge in [0.2, 0.25) is 10.0 Å². The monoisotopic (exact) mass is 310 g/mol. The summed E-state index contributed by atoms with van der Waals surface area (Å²) in [6, 6.07) is 9.04. The van der Waals surface area contributed by atoms with Crippen molar-refractivity contribution in [3.05, 3.63) is 46.2 Å². The summed E-state index contributed by atoms with van der Waals surface area (Å²) in [5.74, 6) is 0. The fourth-order valence-corrected chi connectivity index (χ4v) is 3.70. The number of nitrogens with zero attached hydrogens (tertiary/aromatic N) is 1. The summed E-state index contributed by atoms with van der Waals surface area (Å²) < 4.78 is 25.8. The Balaban J connectivity index is 2.28. The fraction of sp³-hybridized carbons (Fsp3) is 0.286. The maximum Gasteiger partial charge on any atom is 0.244 e. The molecule has 0 radical (unpaired) electrons. The molecule has 0 fully saturated rings. The van der Waals surface area contributed by atoms with Crippen LogP contribution >= 0.6 is 11.3 Å². The summed E-state index contributed by atoms with van der Waals surface area (Å²) in [7, 11) is -0.360. The molecule has 0 saturated carbocycles. The van der Waals surface area contributed by atoms with Crippen LogP contribution in [0.5, 0.6) is 0 Å². The maximum absolute atomic E-state index is 12.3. The van der Waals surface area contributed by atoms with Crippen LogP contribution in [0.4, 0.5) is 5.69 Å². The number of benzene rings is 1. The molecular formula is C14H18N2O2S2. The second-order valence-electron chi connectivity index (χ2n) is 4.66. The van der Waals surface area contributed by atoms with Gasteiger partial charge in [-0.2, -0.15) is 0 Å². The van der Waals surface area contributed by atoms with Gasteiger partial charge in [-0.25, -0.2) is 12.7 Å². The van der Waals surface area contributed by atoms with Gasteiger partial charge < -0.3 is 5.32 Å². The molecule has 0 spiro atoms. The van der Waals surface area contributed by atoms with Gasteiger partial charge in [-0.15, -0.1) is 11.3 Å². The van der Waals surface area contributed by atoms with E-state index >= 15 is 0 Å². The van der Waals surface area contributed by atoms with Gasteiger partial charge in [0, 0.05) is 25.5 Å². The number of aryl methyl sites for hydroxylation is 1.